The number of amides is 2. The van der Waals surface area contributed by atoms with Gasteiger partial charge in [0.2, 0.25) is 5.91 Å². The number of carbonyl (C=O) groups excluding carboxylic acids is 2. The number of aromatic nitrogens is 2. The summed E-state index contributed by atoms with van der Waals surface area (Å²) in [6, 6.07) is 1.78. The summed E-state index contributed by atoms with van der Waals surface area (Å²) in [6.45, 7) is 5.70. The number of carbonyl (C=O) groups is 2. The molecule has 2 heterocycles. The highest BCUT2D eigenvalue weighted by Crippen LogP contribution is 2.21. The minimum Gasteiger partial charge on any atom is -0.356 e. The van der Waals surface area contributed by atoms with Crippen molar-refractivity contribution in [3.63, 3.8) is 0 Å². The number of H-pyrrole nitrogens is 1. The van der Waals surface area contributed by atoms with Crippen molar-refractivity contribution < 1.29 is 9.59 Å². The van der Waals surface area contributed by atoms with E-state index in [1.807, 2.05) is 11.8 Å². The van der Waals surface area contributed by atoms with Gasteiger partial charge in [-0.15, -0.1) is 0 Å². The highest BCUT2D eigenvalue weighted by Gasteiger charge is 2.24. The lowest BCUT2D eigenvalue weighted by Gasteiger charge is -2.31. The molecular formula is C14H22N4O2. The maximum absolute atomic E-state index is 12.2. The first-order valence-corrected chi connectivity index (χ1v) is 7.12. The van der Waals surface area contributed by atoms with Gasteiger partial charge in [0.15, 0.2) is 0 Å². The molecule has 1 saturated heterocycles. The maximum Gasteiger partial charge on any atom is 0.274 e. The zero-order chi connectivity index (χ0) is 14.5. The monoisotopic (exact) mass is 278 g/mol. The molecule has 0 atom stereocenters. The zero-order valence-corrected chi connectivity index (χ0v) is 12.1. The molecule has 1 aliphatic heterocycles. The van der Waals surface area contributed by atoms with Crippen LogP contribution in [0.15, 0.2) is 6.07 Å². The predicted molar refractivity (Wildman–Crippen MR) is 75.3 cm³/mol. The van der Waals surface area contributed by atoms with Gasteiger partial charge in [0.25, 0.3) is 5.91 Å². The Labute approximate surface area is 118 Å². The van der Waals surface area contributed by atoms with Crippen LogP contribution in [-0.2, 0) is 4.79 Å². The first-order chi connectivity index (χ1) is 9.56. The molecule has 2 N–H and O–H groups in total. The Kier molecular flexibility index (Phi) is 4.76. The van der Waals surface area contributed by atoms with Crippen LogP contribution in [0.3, 0.4) is 0 Å². The summed E-state index contributed by atoms with van der Waals surface area (Å²) in [6.07, 6.45) is 2.98. The van der Waals surface area contributed by atoms with E-state index >= 15 is 0 Å². The van der Waals surface area contributed by atoms with E-state index in [0.29, 0.717) is 11.6 Å². The smallest absolute Gasteiger partial charge is 0.274 e. The van der Waals surface area contributed by atoms with Crippen LogP contribution in [0.1, 0.15) is 42.4 Å². The lowest BCUT2D eigenvalue weighted by Crippen LogP contribution is -2.39. The highest BCUT2D eigenvalue weighted by molar-refractivity contribution is 5.92. The number of hydrogen-bond acceptors (Lipinski definition) is 3. The number of hydrogen-bond donors (Lipinski definition) is 2. The minimum atomic E-state index is 0.00895. The number of rotatable bonds is 4. The number of nitrogens with zero attached hydrogens (tertiary/aromatic N) is 2. The van der Waals surface area contributed by atoms with Gasteiger partial charge in [0, 0.05) is 32.3 Å². The first kappa shape index (κ1) is 14.6. The Bertz CT molecular complexity index is 475. The summed E-state index contributed by atoms with van der Waals surface area (Å²) in [5.41, 5.74) is 1.40. The predicted octanol–water partition coefficient (Wildman–Crippen LogP) is 1.10. The van der Waals surface area contributed by atoms with Gasteiger partial charge in [-0.05, 0) is 38.2 Å². The van der Waals surface area contributed by atoms with E-state index in [-0.39, 0.29) is 11.8 Å². The molecule has 0 unspecified atom stereocenters. The second-order valence-corrected chi connectivity index (χ2v) is 5.44. The fourth-order valence-corrected chi connectivity index (χ4v) is 2.57. The van der Waals surface area contributed by atoms with E-state index in [4.69, 9.17) is 0 Å². The van der Waals surface area contributed by atoms with Gasteiger partial charge < -0.3 is 10.2 Å². The molecule has 0 aromatic carbocycles. The molecule has 2 amide bonds. The number of aryl methyl sites for hydroxylation is 1. The number of aromatic amines is 1. The minimum absolute atomic E-state index is 0.00895. The average Bonchev–Trinajstić information content (AvgIpc) is 2.85. The fourth-order valence-electron chi connectivity index (χ4n) is 2.57. The summed E-state index contributed by atoms with van der Waals surface area (Å²) in [7, 11) is 0. The Morgan fingerprint density at radius 2 is 2.15 bits per heavy atom. The Hall–Kier alpha value is -1.85. The van der Waals surface area contributed by atoms with Crippen LogP contribution in [0, 0.1) is 12.8 Å². The lowest BCUT2D eigenvalue weighted by molar-refractivity contribution is -0.119. The molecule has 1 aromatic rings. The molecule has 0 saturated carbocycles. The quantitative estimate of drug-likeness (QED) is 0.865. The summed E-state index contributed by atoms with van der Waals surface area (Å²) in [5.74, 6) is 0.619. The van der Waals surface area contributed by atoms with E-state index < -0.39 is 0 Å². The van der Waals surface area contributed by atoms with E-state index in [1.165, 1.54) is 6.92 Å². The molecule has 1 aromatic heterocycles. The average molecular weight is 278 g/mol. The summed E-state index contributed by atoms with van der Waals surface area (Å²) >= 11 is 0. The molecule has 6 nitrogen and oxygen atoms in total. The Morgan fingerprint density at radius 1 is 1.45 bits per heavy atom. The van der Waals surface area contributed by atoms with E-state index in [1.54, 1.807) is 6.07 Å². The van der Waals surface area contributed by atoms with Crippen LogP contribution in [0.5, 0.6) is 0 Å². The van der Waals surface area contributed by atoms with Crippen LogP contribution in [0.2, 0.25) is 0 Å². The Balaban J connectivity index is 1.76. The van der Waals surface area contributed by atoms with Crippen molar-refractivity contribution in [3.05, 3.63) is 17.5 Å². The van der Waals surface area contributed by atoms with Crippen molar-refractivity contribution in [1.82, 2.24) is 20.4 Å². The maximum atomic E-state index is 12.2. The summed E-state index contributed by atoms with van der Waals surface area (Å²) in [5, 5.41) is 9.64. The molecule has 110 valence electrons. The molecular weight excluding hydrogens is 256 g/mol. The molecule has 6 heteroatoms. The van der Waals surface area contributed by atoms with Crippen LogP contribution in [-0.4, -0.2) is 46.5 Å². The van der Waals surface area contributed by atoms with Crippen LogP contribution >= 0.6 is 0 Å². The highest BCUT2D eigenvalue weighted by atomic mass is 16.2. The van der Waals surface area contributed by atoms with Gasteiger partial charge >= 0.3 is 0 Å². The third-order valence-electron chi connectivity index (χ3n) is 3.75. The van der Waals surface area contributed by atoms with Gasteiger partial charge in [0.05, 0.1) is 0 Å². The van der Waals surface area contributed by atoms with Crippen molar-refractivity contribution in [2.45, 2.75) is 33.1 Å². The second kappa shape index (κ2) is 6.54. The number of piperidine rings is 1. The number of likely N-dealkylation sites (tertiary alicyclic amines) is 1. The molecule has 20 heavy (non-hydrogen) atoms. The molecule has 0 bridgehead atoms. The standard InChI is InChI=1S/C14H22N4O2/c1-10-9-13(17-16-10)14(20)18-7-4-12(5-8-18)3-6-15-11(2)19/h9,12H,3-8H2,1-2H3,(H,15,19)(H,16,17). The van der Waals surface area contributed by atoms with Gasteiger partial charge in [-0.1, -0.05) is 0 Å². The zero-order valence-electron chi connectivity index (χ0n) is 12.1. The van der Waals surface area contributed by atoms with Gasteiger partial charge in [-0.3, -0.25) is 14.7 Å². The largest absolute Gasteiger partial charge is 0.356 e. The molecule has 0 aliphatic carbocycles. The van der Waals surface area contributed by atoms with Crippen LogP contribution in [0.4, 0.5) is 0 Å². The van der Waals surface area contributed by atoms with Crippen LogP contribution < -0.4 is 5.32 Å². The molecule has 2 rings (SSSR count). The van der Waals surface area contributed by atoms with Gasteiger partial charge in [0.1, 0.15) is 5.69 Å². The van der Waals surface area contributed by atoms with Crippen molar-refractivity contribution in [2.75, 3.05) is 19.6 Å². The fraction of sp³-hybridized carbons (Fsp3) is 0.643. The molecule has 1 fully saturated rings. The van der Waals surface area contributed by atoms with Crippen molar-refractivity contribution >= 4 is 11.8 Å². The Morgan fingerprint density at radius 3 is 2.70 bits per heavy atom. The van der Waals surface area contributed by atoms with Crippen LogP contribution in [0.25, 0.3) is 0 Å². The SMILES string of the molecule is CC(=O)NCCC1CCN(C(=O)c2cc(C)[nH]n2)CC1. The van der Waals surface area contributed by atoms with Gasteiger partial charge in [-0.25, -0.2) is 0 Å². The normalized spacial score (nSPS) is 16.2. The molecule has 0 radical (unpaired) electrons. The van der Waals surface area contributed by atoms with Crippen molar-refractivity contribution in [3.8, 4) is 0 Å². The van der Waals surface area contributed by atoms with Crippen molar-refractivity contribution in [1.29, 1.82) is 0 Å². The lowest BCUT2D eigenvalue weighted by atomic mass is 9.93. The molecule has 0 spiro atoms. The van der Waals surface area contributed by atoms with Crippen molar-refractivity contribution in [2.24, 2.45) is 5.92 Å². The van der Waals surface area contributed by atoms with E-state index in [9.17, 15) is 9.59 Å². The van der Waals surface area contributed by atoms with E-state index in [2.05, 4.69) is 15.5 Å². The molecule has 1 aliphatic rings. The topological polar surface area (TPSA) is 78.1 Å². The summed E-state index contributed by atoms with van der Waals surface area (Å²) < 4.78 is 0. The van der Waals surface area contributed by atoms with E-state index in [0.717, 1.165) is 44.6 Å². The third kappa shape index (κ3) is 3.82. The van der Waals surface area contributed by atoms with Gasteiger partial charge in [-0.2, -0.15) is 5.10 Å². The second-order valence-electron chi connectivity index (χ2n) is 5.44. The number of nitrogens with one attached hydrogen (secondary N) is 2. The summed E-state index contributed by atoms with van der Waals surface area (Å²) in [4.78, 5) is 24.9. The third-order valence-corrected chi connectivity index (χ3v) is 3.75. The first-order valence-electron chi connectivity index (χ1n) is 7.12.